The summed E-state index contributed by atoms with van der Waals surface area (Å²) >= 11 is 0. The summed E-state index contributed by atoms with van der Waals surface area (Å²) in [5, 5.41) is 30.7. The molecule has 8 nitrogen and oxygen atoms in total. The number of carboxylic acid groups (broad SMARTS) is 1. The van der Waals surface area contributed by atoms with Gasteiger partial charge in [0.2, 0.25) is 0 Å². The van der Waals surface area contributed by atoms with E-state index in [0.717, 1.165) is 0 Å². The van der Waals surface area contributed by atoms with E-state index in [0.29, 0.717) is 6.42 Å². The first kappa shape index (κ1) is 15.6. The number of hydrogen-bond acceptors (Lipinski definition) is 5. The number of hydrogen-bond donors (Lipinski definition) is 6. The Morgan fingerprint density at radius 2 is 1.76 bits per heavy atom. The van der Waals surface area contributed by atoms with Crippen LogP contribution in [0.2, 0.25) is 0 Å². The predicted molar refractivity (Wildman–Crippen MR) is 59.3 cm³/mol. The van der Waals surface area contributed by atoms with Crippen molar-refractivity contribution in [3.63, 3.8) is 0 Å². The summed E-state index contributed by atoms with van der Waals surface area (Å²) in [4.78, 5) is 21.5. The Morgan fingerprint density at radius 1 is 1.18 bits per heavy atom. The van der Waals surface area contributed by atoms with E-state index >= 15 is 0 Å². The lowest BCUT2D eigenvalue weighted by Gasteiger charge is -2.12. The molecule has 0 saturated carbocycles. The molecule has 0 spiro atoms. The van der Waals surface area contributed by atoms with Crippen molar-refractivity contribution in [2.24, 2.45) is 11.7 Å². The van der Waals surface area contributed by atoms with Crippen LogP contribution in [0.5, 0.6) is 0 Å². The lowest BCUT2D eigenvalue weighted by Crippen LogP contribution is -2.46. The van der Waals surface area contributed by atoms with Gasteiger partial charge in [0.1, 0.15) is 6.04 Å². The minimum absolute atomic E-state index is 0.149. The maximum Gasteiger partial charge on any atom is 0.322 e. The van der Waals surface area contributed by atoms with E-state index in [1.807, 2.05) is 0 Å². The van der Waals surface area contributed by atoms with Gasteiger partial charge in [0.25, 0.3) is 0 Å². The van der Waals surface area contributed by atoms with Crippen LogP contribution in [0, 0.1) is 5.92 Å². The van der Waals surface area contributed by atoms with Crippen LogP contribution in [0.4, 0.5) is 4.79 Å². The minimum Gasteiger partial charge on any atom is -0.480 e. The Bertz CT molecular complexity index is 245. The van der Waals surface area contributed by atoms with Gasteiger partial charge in [0.15, 0.2) is 0 Å². The molecule has 0 aromatic rings. The molecule has 0 aromatic carbocycles. The molecule has 0 bridgehead atoms. The van der Waals surface area contributed by atoms with Crippen molar-refractivity contribution in [2.45, 2.75) is 12.5 Å². The third-order valence-electron chi connectivity index (χ3n) is 2.15. The number of urea groups is 1. The zero-order valence-corrected chi connectivity index (χ0v) is 9.43. The molecule has 17 heavy (non-hydrogen) atoms. The van der Waals surface area contributed by atoms with Crippen molar-refractivity contribution in [1.82, 2.24) is 10.6 Å². The zero-order valence-electron chi connectivity index (χ0n) is 9.43. The molecule has 7 N–H and O–H groups in total. The van der Waals surface area contributed by atoms with Gasteiger partial charge in [0.05, 0.1) is 0 Å². The highest BCUT2D eigenvalue weighted by molar-refractivity contribution is 5.77. The number of nitrogens with two attached hydrogens (primary N) is 1. The van der Waals surface area contributed by atoms with Gasteiger partial charge in [-0.2, -0.15) is 0 Å². The molecule has 1 unspecified atom stereocenters. The normalized spacial score (nSPS) is 12.2. The van der Waals surface area contributed by atoms with Crippen molar-refractivity contribution in [1.29, 1.82) is 0 Å². The van der Waals surface area contributed by atoms with Crippen molar-refractivity contribution >= 4 is 12.0 Å². The quantitative estimate of drug-likeness (QED) is 0.285. The molecule has 0 heterocycles. The van der Waals surface area contributed by atoms with Crippen molar-refractivity contribution in [3.8, 4) is 0 Å². The molecule has 0 fully saturated rings. The maximum absolute atomic E-state index is 11.1. The van der Waals surface area contributed by atoms with Gasteiger partial charge in [-0.1, -0.05) is 0 Å². The van der Waals surface area contributed by atoms with Gasteiger partial charge in [-0.15, -0.1) is 0 Å². The van der Waals surface area contributed by atoms with Crippen molar-refractivity contribution in [3.05, 3.63) is 0 Å². The Balaban J connectivity index is 3.63. The first-order chi connectivity index (χ1) is 8.01. The second-order valence-electron chi connectivity index (χ2n) is 3.60. The summed E-state index contributed by atoms with van der Waals surface area (Å²) in [6, 6.07) is -1.67. The number of carbonyl (C=O) groups excluding carboxylic acids is 1. The van der Waals surface area contributed by atoms with Gasteiger partial charge < -0.3 is 31.7 Å². The Hall–Kier alpha value is -1.38. The topological polar surface area (TPSA) is 145 Å². The fourth-order valence-corrected chi connectivity index (χ4v) is 0.983. The molecule has 0 aromatic heterocycles. The van der Waals surface area contributed by atoms with Crippen molar-refractivity contribution in [2.75, 3.05) is 26.3 Å². The third-order valence-corrected chi connectivity index (χ3v) is 2.15. The number of nitrogens with one attached hydrogen (secondary N) is 2. The highest BCUT2D eigenvalue weighted by Crippen LogP contribution is 1.98. The second kappa shape index (κ2) is 8.74. The fourth-order valence-electron chi connectivity index (χ4n) is 0.983. The van der Waals surface area contributed by atoms with Gasteiger partial charge in [0, 0.05) is 32.2 Å². The highest BCUT2D eigenvalue weighted by atomic mass is 16.4. The van der Waals surface area contributed by atoms with E-state index in [1.54, 1.807) is 0 Å². The molecule has 1 atom stereocenters. The Morgan fingerprint density at radius 3 is 2.24 bits per heavy atom. The van der Waals surface area contributed by atoms with E-state index in [4.69, 9.17) is 21.1 Å². The summed E-state index contributed by atoms with van der Waals surface area (Å²) in [5.74, 6) is -1.46. The fraction of sp³-hybridized carbons (Fsp3) is 0.778. The predicted octanol–water partition coefficient (Wildman–Crippen LogP) is -2.31. The lowest BCUT2D eigenvalue weighted by molar-refractivity contribution is -0.138. The second-order valence-corrected chi connectivity index (χ2v) is 3.60. The third kappa shape index (κ3) is 7.50. The summed E-state index contributed by atoms with van der Waals surface area (Å²) in [5.41, 5.74) is 5.18. The van der Waals surface area contributed by atoms with Crippen LogP contribution < -0.4 is 16.4 Å². The molecule has 2 amide bonds. The first-order valence-electron chi connectivity index (χ1n) is 5.23. The number of carboxylic acids is 1. The Kier molecular flexibility index (Phi) is 8.03. The van der Waals surface area contributed by atoms with Gasteiger partial charge in [-0.3, -0.25) is 4.79 Å². The molecule has 0 aliphatic carbocycles. The molecule has 0 saturated heterocycles. The van der Waals surface area contributed by atoms with Crippen molar-refractivity contribution < 1.29 is 24.9 Å². The largest absolute Gasteiger partial charge is 0.480 e. The first-order valence-corrected chi connectivity index (χ1v) is 5.23. The SMILES string of the molecule is NC(CNC(=O)NCCC(CO)CO)C(=O)O. The van der Waals surface area contributed by atoms with Gasteiger partial charge in [-0.25, -0.2) is 4.79 Å². The van der Waals surface area contributed by atoms with Crippen LogP contribution in [-0.4, -0.2) is 59.7 Å². The molecule has 100 valence electrons. The molecule has 0 aliphatic rings. The average molecular weight is 249 g/mol. The average Bonchev–Trinajstić information content (AvgIpc) is 2.31. The van der Waals surface area contributed by atoms with Crippen LogP contribution in [0.25, 0.3) is 0 Å². The number of carbonyl (C=O) groups is 2. The van der Waals surface area contributed by atoms with E-state index in [9.17, 15) is 9.59 Å². The van der Waals surface area contributed by atoms with Crippen LogP contribution in [0.1, 0.15) is 6.42 Å². The highest BCUT2D eigenvalue weighted by Gasteiger charge is 2.12. The molecule has 0 aliphatic heterocycles. The van der Waals surface area contributed by atoms with Crippen LogP contribution in [-0.2, 0) is 4.79 Å². The van der Waals surface area contributed by atoms with E-state index in [-0.39, 0.29) is 32.2 Å². The molecule has 0 radical (unpaired) electrons. The van der Waals surface area contributed by atoms with E-state index in [2.05, 4.69) is 10.6 Å². The number of aliphatic hydroxyl groups excluding tert-OH is 2. The van der Waals surface area contributed by atoms with Crippen LogP contribution in [0.15, 0.2) is 0 Å². The molecular formula is C9H19N3O5. The van der Waals surface area contributed by atoms with Gasteiger partial charge >= 0.3 is 12.0 Å². The summed E-state index contributed by atoms with van der Waals surface area (Å²) < 4.78 is 0. The standard InChI is InChI=1S/C9H19N3O5/c10-7(8(15)16)3-12-9(17)11-2-1-6(4-13)5-14/h6-7,13-14H,1-5,10H2,(H,15,16)(H2,11,12,17). The molecule has 8 heteroatoms. The minimum atomic E-state index is -1.19. The molecular weight excluding hydrogens is 230 g/mol. The van der Waals surface area contributed by atoms with Crippen LogP contribution in [0.3, 0.4) is 0 Å². The van der Waals surface area contributed by atoms with Gasteiger partial charge in [-0.05, 0) is 6.42 Å². The summed E-state index contributed by atoms with van der Waals surface area (Å²) in [6.07, 6.45) is 0.436. The maximum atomic E-state index is 11.1. The number of aliphatic hydroxyl groups is 2. The monoisotopic (exact) mass is 249 g/mol. The lowest BCUT2D eigenvalue weighted by atomic mass is 10.1. The van der Waals surface area contributed by atoms with E-state index in [1.165, 1.54) is 0 Å². The number of amides is 2. The van der Waals surface area contributed by atoms with E-state index < -0.39 is 18.0 Å². The summed E-state index contributed by atoms with van der Waals surface area (Å²) in [6.45, 7) is -0.183. The number of aliphatic carboxylic acids is 1. The summed E-state index contributed by atoms with van der Waals surface area (Å²) in [7, 11) is 0. The van der Waals surface area contributed by atoms with Crippen LogP contribution >= 0.6 is 0 Å². The Labute approximate surface area is 98.8 Å². The molecule has 0 rings (SSSR count). The number of rotatable bonds is 8. The smallest absolute Gasteiger partial charge is 0.322 e. The zero-order chi connectivity index (χ0) is 13.3.